The molecular weight excluding hydrogens is 247 g/mol. The highest BCUT2D eigenvalue weighted by Gasteiger charge is 2.34. The van der Waals surface area contributed by atoms with Crippen LogP contribution in [0.25, 0.3) is 0 Å². The van der Waals surface area contributed by atoms with Crippen LogP contribution in [-0.2, 0) is 4.79 Å². The van der Waals surface area contributed by atoms with Gasteiger partial charge in [-0.3, -0.25) is 4.79 Å². The molecule has 1 aliphatic carbocycles. The SMILES string of the molecule is O=C1CN(C2CC2)c2cc(Cl)c(Cl)cc2N1. The summed E-state index contributed by atoms with van der Waals surface area (Å²) in [7, 11) is 0. The zero-order chi connectivity index (χ0) is 11.3. The van der Waals surface area contributed by atoms with Crippen LogP contribution < -0.4 is 10.2 Å². The maximum atomic E-state index is 11.5. The van der Waals surface area contributed by atoms with E-state index >= 15 is 0 Å². The van der Waals surface area contributed by atoms with E-state index in [2.05, 4.69) is 10.2 Å². The lowest BCUT2D eigenvalue weighted by Crippen LogP contribution is -2.39. The second-order valence-corrected chi connectivity index (χ2v) is 5.01. The number of anilines is 2. The first-order valence-electron chi connectivity index (χ1n) is 5.20. The molecule has 1 saturated carbocycles. The molecule has 16 heavy (non-hydrogen) atoms. The van der Waals surface area contributed by atoms with Crippen LogP contribution in [0.2, 0.25) is 10.0 Å². The summed E-state index contributed by atoms with van der Waals surface area (Å²) in [5.74, 6) is 0.0118. The van der Waals surface area contributed by atoms with Crippen molar-refractivity contribution >= 4 is 40.5 Å². The zero-order valence-corrected chi connectivity index (χ0v) is 9.98. The minimum Gasteiger partial charge on any atom is -0.358 e. The summed E-state index contributed by atoms with van der Waals surface area (Å²) in [5, 5.41) is 3.82. The van der Waals surface area contributed by atoms with Gasteiger partial charge in [0.1, 0.15) is 0 Å². The molecule has 1 aliphatic heterocycles. The zero-order valence-electron chi connectivity index (χ0n) is 8.46. The number of carbonyl (C=O) groups excluding carboxylic acids is 1. The number of nitrogens with one attached hydrogen (secondary N) is 1. The van der Waals surface area contributed by atoms with E-state index in [9.17, 15) is 4.79 Å². The second-order valence-electron chi connectivity index (χ2n) is 4.19. The minimum atomic E-state index is 0.0118. The second kappa shape index (κ2) is 3.54. The van der Waals surface area contributed by atoms with E-state index in [0.717, 1.165) is 24.2 Å². The number of nitrogens with zero attached hydrogens (tertiary/aromatic N) is 1. The Hall–Kier alpha value is -0.930. The average molecular weight is 257 g/mol. The van der Waals surface area contributed by atoms with Gasteiger partial charge in [0.05, 0.1) is 28.0 Å². The highest BCUT2D eigenvalue weighted by molar-refractivity contribution is 6.42. The van der Waals surface area contributed by atoms with Gasteiger partial charge in [-0.15, -0.1) is 0 Å². The van der Waals surface area contributed by atoms with Gasteiger partial charge >= 0.3 is 0 Å². The van der Waals surface area contributed by atoms with Crippen molar-refractivity contribution in [1.82, 2.24) is 0 Å². The van der Waals surface area contributed by atoms with Crippen LogP contribution in [0.15, 0.2) is 12.1 Å². The summed E-state index contributed by atoms with van der Waals surface area (Å²) < 4.78 is 0. The molecule has 1 aromatic rings. The summed E-state index contributed by atoms with van der Waals surface area (Å²) >= 11 is 11.9. The van der Waals surface area contributed by atoms with Gasteiger partial charge in [-0.1, -0.05) is 23.2 Å². The largest absolute Gasteiger partial charge is 0.358 e. The van der Waals surface area contributed by atoms with Crippen molar-refractivity contribution in [2.45, 2.75) is 18.9 Å². The first-order valence-corrected chi connectivity index (χ1v) is 5.96. The highest BCUT2D eigenvalue weighted by atomic mass is 35.5. The third-order valence-corrected chi connectivity index (χ3v) is 3.65. The van der Waals surface area contributed by atoms with Crippen molar-refractivity contribution in [3.05, 3.63) is 22.2 Å². The Bertz CT molecular complexity index is 471. The first kappa shape index (κ1) is 10.2. The monoisotopic (exact) mass is 256 g/mol. The Morgan fingerprint density at radius 2 is 1.94 bits per heavy atom. The maximum absolute atomic E-state index is 11.5. The van der Waals surface area contributed by atoms with E-state index in [1.165, 1.54) is 0 Å². The Morgan fingerprint density at radius 1 is 1.25 bits per heavy atom. The van der Waals surface area contributed by atoms with Crippen LogP contribution in [0.3, 0.4) is 0 Å². The van der Waals surface area contributed by atoms with E-state index in [1.54, 1.807) is 6.07 Å². The van der Waals surface area contributed by atoms with Gasteiger partial charge in [0.15, 0.2) is 0 Å². The van der Waals surface area contributed by atoms with Crippen molar-refractivity contribution in [3.63, 3.8) is 0 Å². The van der Waals surface area contributed by atoms with Crippen LogP contribution in [0.1, 0.15) is 12.8 Å². The quantitative estimate of drug-likeness (QED) is 0.838. The molecule has 1 aromatic carbocycles. The molecule has 1 N–H and O–H groups in total. The topological polar surface area (TPSA) is 32.3 Å². The Labute approximate surface area is 103 Å². The van der Waals surface area contributed by atoms with Crippen molar-refractivity contribution in [2.24, 2.45) is 0 Å². The normalized spacial score (nSPS) is 19.4. The van der Waals surface area contributed by atoms with Gasteiger partial charge in [0.25, 0.3) is 0 Å². The standard InChI is InChI=1S/C11H10Cl2N2O/c12-7-3-9-10(4-8(7)13)15(6-1-2-6)5-11(16)14-9/h3-4,6H,1-2,5H2,(H,14,16). The summed E-state index contributed by atoms with van der Waals surface area (Å²) in [6.45, 7) is 0.412. The lowest BCUT2D eigenvalue weighted by Gasteiger charge is -2.31. The number of amides is 1. The van der Waals surface area contributed by atoms with E-state index in [4.69, 9.17) is 23.2 Å². The number of hydrogen-bond acceptors (Lipinski definition) is 2. The first-order chi connectivity index (χ1) is 7.65. The van der Waals surface area contributed by atoms with E-state index < -0.39 is 0 Å². The van der Waals surface area contributed by atoms with Crippen LogP contribution in [-0.4, -0.2) is 18.5 Å². The molecule has 0 atom stereocenters. The molecule has 5 heteroatoms. The Balaban J connectivity index is 2.09. The molecule has 1 amide bonds. The van der Waals surface area contributed by atoms with Crippen LogP contribution in [0.5, 0.6) is 0 Å². The highest BCUT2D eigenvalue weighted by Crippen LogP contribution is 2.41. The van der Waals surface area contributed by atoms with E-state index in [-0.39, 0.29) is 5.91 Å². The number of carbonyl (C=O) groups is 1. The molecule has 1 heterocycles. The lowest BCUT2D eigenvalue weighted by atomic mass is 10.2. The van der Waals surface area contributed by atoms with Gasteiger partial charge in [0.2, 0.25) is 5.91 Å². The predicted molar refractivity (Wildman–Crippen MR) is 65.5 cm³/mol. The van der Waals surface area contributed by atoms with Gasteiger partial charge in [-0.2, -0.15) is 0 Å². The van der Waals surface area contributed by atoms with Crippen LogP contribution >= 0.6 is 23.2 Å². The fraction of sp³-hybridized carbons (Fsp3) is 0.364. The molecule has 2 aliphatic rings. The number of hydrogen-bond donors (Lipinski definition) is 1. The van der Waals surface area contributed by atoms with E-state index in [0.29, 0.717) is 22.6 Å². The summed E-state index contributed by atoms with van der Waals surface area (Å²) in [6, 6.07) is 4.03. The smallest absolute Gasteiger partial charge is 0.243 e. The molecule has 0 aromatic heterocycles. The van der Waals surface area contributed by atoms with Crippen molar-refractivity contribution in [3.8, 4) is 0 Å². The number of halogens is 2. The molecule has 0 bridgehead atoms. The molecule has 0 unspecified atom stereocenters. The number of fused-ring (bicyclic) bond motifs is 1. The maximum Gasteiger partial charge on any atom is 0.243 e. The molecule has 84 valence electrons. The lowest BCUT2D eigenvalue weighted by molar-refractivity contribution is -0.115. The summed E-state index contributed by atoms with van der Waals surface area (Å²) in [6.07, 6.45) is 2.29. The molecule has 3 nitrogen and oxygen atoms in total. The minimum absolute atomic E-state index is 0.0118. The molecule has 0 spiro atoms. The van der Waals surface area contributed by atoms with Gasteiger partial charge in [-0.25, -0.2) is 0 Å². The van der Waals surface area contributed by atoms with Crippen LogP contribution in [0.4, 0.5) is 11.4 Å². The molecule has 0 radical (unpaired) electrons. The van der Waals surface area contributed by atoms with Gasteiger partial charge in [0, 0.05) is 6.04 Å². The fourth-order valence-electron chi connectivity index (χ4n) is 2.02. The van der Waals surface area contributed by atoms with Crippen LogP contribution in [0, 0.1) is 0 Å². The third-order valence-electron chi connectivity index (χ3n) is 2.92. The summed E-state index contributed by atoms with van der Waals surface area (Å²) in [4.78, 5) is 13.6. The number of rotatable bonds is 1. The predicted octanol–water partition coefficient (Wildman–Crippen LogP) is 2.91. The Kier molecular flexibility index (Phi) is 2.26. The molecule has 1 fully saturated rings. The van der Waals surface area contributed by atoms with Gasteiger partial charge < -0.3 is 10.2 Å². The van der Waals surface area contributed by atoms with E-state index in [1.807, 2.05) is 6.07 Å². The van der Waals surface area contributed by atoms with Crippen molar-refractivity contribution in [1.29, 1.82) is 0 Å². The molecule has 3 rings (SSSR count). The van der Waals surface area contributed by atoms with Gasteiger partial charge in [-0.05, 0) is 25.0 Å². The van der Waals surface area contributed by atoms with Crippen molar-refractivity contribution < 1.29 is 4.79 Å². The summed E-state index contributed by atoms with van der Waals surface area (Å²) in [5.41, 5.74) is 1.74. The fourth-order valence-corrected chi connectivity index (χ4v) is 2.34. The average Bonchev–Trinajstić information content (AvgIpc) is 3.03. The Morgan fingerprint density at radius 3 is 2.62 bits per heavy atom. The third kappa shape index (κ3) is 1.64. The molecule has 0 saturated heterocycles. The molecular formula is C11H10Cl2N2O. The number of benzene rings is 1. The van der Waals surface area contributed by atoms with Crippen molar-refractivity contribution in [2.75, 3.05) is 16.8 Å².